The van der Waals surface area contributed by atoms with Crippen LogP contribution in [0.25, 0.3) is 0 Å². The van der Waals surface area contributed by atoms with Crippen molar-refractivity contribution in [3.05, 3.63) is 0 Å². The van der Waals surface area contributed by atoms with E-state index in [1.807, 2.05) is 0 Å². The van der Waals surface area contributed by atoms with Crippen LogP contribution in [-0.2, 0) is 0 Å². The standard InChI is InChI=1S/C10H31N4P4/c1-13-15(3,4)11-17(7,8)14(2)18(9,10)12-16(13,5)6/h11H,1-10H3/q+3. The van der Waals surface area contributed by atoms with Gasteiger partial charge in [0, 0.05) is 7.05 Å². The van der Waals surface area contributed by atoms with Gasteiger partial charge in [-0.2, -0.15) is 0 Å². The number of hydrogen-bond donors (Lipinski definition) is 1. The molecular formula is C10H31N4P4+3. The minimum Gasteiger partial charge on any atom is -0.126 e. The summed E-state index contributed by atoms with van der Waals surface area (Å²) in [6, 6.07) is 0. The van der Waals surface area contributed by atoms with Crippen LogP contribution in [-0.4, -0.2) is 76.3 Å². The Labute approximate surface area is 116 Å². The zero-order chi connectivity index (χ0) is 14.6. The largest absolute Gasteiger partial charge is 0.233 e. The highest BCUT2D eigenvalue weighted by Crippen LogP contribution is 2.82. The zero-order valence-electron chi connectivity index (χ0n) is 13.6. The van der Waals surface area contributed by atoms with Crippen molar-refractivity contribution in [3.63, 3.8) is 0 Å². The summed E-state index contributed by atoms with van der Waals surface area (Å²) in [4.78, 5) is 4.01. The summed E-state index contributed by atoms with van der Waals surface area (Å²) in [6.45, 7) is 18.9. The van der Waals surface area contributed by atoms with Gasteiger partial charge in [0.15, 0.2) is 7.56 Å². The predicted molar refractivity (Wildman–Crippen MR) is 96.2 cm³/mol. The molecule has 0 aromatic rings. The van der Waals surface area contributed by atoms with Crippen LogP contribution in [0.1, 0.15) is 0 Å². The number of nitrogens with zero attached hydrogens (tertiary/aromatic N) is 3. The van der Waals surface area contributed by atoms with Gasteiger partial charge in [0.1, 0.15) is 7.21 Å². The van der Waals surface area contributed by atoms with Gasteiger partial charge in [-0.15, -0.1) is 8.96 Å². The first-order valence-electron chi connectivity index (χ1n) is 6.12. The maximum absolute atomic E-state index is 5.34. The Bertz CT molecular complexity index is 385. The van der Waals surface area contributed by atoms with Crippen molar-refractivity contribution < 1.29 is 0 Å². The Morgan fingerprint density at radius 3 is 1.78 bits per heavy atom. The third-order valence-electron chi connectivity index (χ3n) is 3.79. The van der Waals surface area contributed by atoms with E-state index in [0.717, 1.165) is 0 Å². The van der Waals surface area contributed by atoms with Crippen LogP contribution in [0.3, 0.4) is 0 Å². The molecule has 1 aliphatic rings. The summed E-state index contributed by atoms with van der Waals surface area (Å²) in [7, 11) is -0.738. The third kappa shape index (κ3) is 3.35. The molecular weight excluding hydrogens is 300 g/mol. The second-order valence-electron chi connectivity index (χ2n) is 6.63. The van der Waals surface area contributed by atoms with E-state index in [2.05, 4.69) is 81.2 Å². The molecule has 108 valence electrons. The molecule has 0 unspecified atom stereocenters. The molecule has 1 heterocycles. The van der Waals surface area contributed by atoms with Gasteiger partial charge >= 0.3 is 0 Å². The molecule has 1 rings (SSSR count). The smallest absolute Gasteiger partial charge is 0.126 e. The van der Waals surface area contributed by atoms with Gasteiger partial charge in [-0.3, -0.25) is 0 Å². The Kier molecular flexibility index (Phi) is 4.84. The van der Waals surface area contributed by atoms with Crippen molar-refractivity contribution in [2.45, 2.75) is 0 Å². The molecule has 0 saturated carbocycles. The second-order valence-corrected chi connectivity index (χ2v) is 22.1. The van der Waals surface area contributed by atoms with Crippen LogP contribution in [0.4, 0.5) is 0 Å². The Morgan fingerprint density at radius 2 is 1.33 bits per heavy atom. The highest BCUT2D eigenvalue weighted by Gasteiger charge is 2.58. The van der Waals surface area contributed by atoms with Crippen LogP contribution in [0.15, 0.2) is 4.52 Å². The molecule has 1 aliphatic heterocycles. The summed E-state index contributed by atoms with van der Waals surface area (Å²) < 4.78 is 10.5. The van der Waals surface area contributed by atoms with Crippen LogP contribution >= 0.6 is 29.9 Å². The number of nitrogens with one attached hydrogen (secondary N) is 1. The lowest BCUT2D eigenvalue weighted by molar-refractivity contribution is 0.810. The van der Waals surface area contributed by atoms with E-state index in [1.165, 1.54) is 0 Å². The average molecular weight is 331 g/mol. The lowest BCUT2D eigenvalue weighted by atomic mass is 11.6. The fraction of sp³-hybridized carbons (Fsp3) is 1.00. The third-order valence-corrected chi connectivity index (χ3v) is 22.2. The summed E-state index contributed by atoms with van der Waals surface area (Å²) in [6.07, 6.45) is 0. The fourth-order valence-corrected chi connectivity index (χ4v) is 23.6. The number of hydrogen-bond acceptors (Lipinski definition) is 4. The minimum atomic E-state index is -1.36. The highest BCUT2D eigenvalue weighted by atomic mass is 31.3. The van der Waals surface area contributed by atoms with E-state index in [-0.39, 0.29) is 0 Å². The van der Waals surface area contributed by atoms with Crippen LogP contribution in [0.5, 0.6) is 0 Å². The SMILES string of the molecule is CN1P(C)(C)=N[P+](C)(C)N(C)[P+](C)(C)N[P+]1(C)C. The predicted octanol–water partition coefficient (Wildman–Crippen LogP) is 4.15. The van der Waals surface area contributed by atoms with Crippen LogP contribution in [0, 0.1) is 0 Å². The van der Waals surface area contributed by atoms with Gasteiger partial charge in [-0.05, 0) is 22.6 Å². The van der Waals surface area contributed by atoms with E-state index >= 15 is 0 Å². The molecule has 0 aromatic carbocycles. The topological polar surface area (TPSA) is 30.9 Å². The van der Waals surface area contributed by atoms with Gasteiger partial charge in [0.2, 0.25) is 15.1 Å². The zero-order valence-corrected chi connectivity index (χ0v) is 17.2. The van der Waals surface area contributed by atoms with Gasteiger partial charge in [-0.1, -0.05) is 0 Å². The van der Waals surface area contributed by atoms with Crippen molar-refractivity contribution in [2.75, 3.05) is 67.4 Å². The molecule has 0 aliphatic carbocycles. The van der Waals surface area contributed by atoms with Gasteiger partial charge in [0.05, 0.1) is 47.0 Å². The van der Waals surface area contributed by atoms with Gasteiger partial charge < -0.3 is 0 Å². The van der Waals surface area contributed by atoms with Crippen molar-refractivity contribution >= 4 is 29.9 Å². The lowest BCUT2D eigenvalue weighted by Crippen LogP contribution is -2.34. The van der Waals surface area contributed by atoms with Crippen molar-refractivity contribution in [1.29, 1.82) is 0 Å². The maximum Gasteiger partial charge on any atom is 0.233 e. The van der Waals surface area contributed by atoms with Crippen molar-refractivity contribution in [1.82, 2.24) is 13.7 Å². The van der Waals surface area contributed by atoms with Crippen molar-refractivity contribution in [2.24, 2.45) is 4.52 Å². The van der Waals surface area contributed by atoms with E-state index in [1.54, 1.807) is 0 Å². The number of rotatable bonds is 0. The summed E-state index contributed by atoms with van der Waals surface area (Å²) in [5.74, 6) is 0. The first-order chi connectivity index (χ1) is 7.72. The first kappa shape index (κ1) is 17.5. The minimum absolute atomic E-state index is 1.27. The molecule has 0 fully saturated rings. The second kappa shape index (κ2) is 4.99. The molecule has 18 heavy (non-hydrogen) atoms. The molecule has 0 amide bonds. The average Bonchev–Trinajstić information content (AvgIpc) is 2.10. The van der Waals surface area contributed by atoms with Crippen LogP contribution in [0.2, 0.25) is 0 Å². The molecule has 0 spiro atoms. The summed E-state index contributed by atoms with van der Waals surface area (Å²) in [5, 5.41) is 0. The van der Waals surface area contributed by atoms with Gasteiger partial charge in [-0.25, -0.2) is 0 Å². The van der Waals surface area contributed by atoms with E-state index in [9.17, 15) is 0 Å². The lowest BCUT2D eigenvalue weighted by Gasteiger charge is -2.41. The Hall–Kier alpha value is 1.40. The molecule has 0 aromatic heterocycles. The van der Waals surface area contributed by atoms with E-state index < -0.39 is 29.9 Å². The Balaban J connectivity index is 3.45. The van der Waals surface area contributed by atoms with Gasteiger partial charge in [0.25, 0.3) is 0 Å². The first-order valence-corrected chi connectivity index (χ1v) is 16.6. The summed E-state index contributed by atoms with van der Waals surface area (Å²) in [5.41, 5.74) is 0. The fourth-order valence-electron chi connectivity index (χ4n) is 2.47. The van der Waals surface area contributed by atoms with E-state index in [4.69, 9.17) is 4.52 Å². The summed E-state index contributed by atoms with van der Waals surface area (Å²) >= 11 is 0. The monoisotopic (exact) mass is 331 g/mol. The normalized spacial score (nSPS) is 31.2. The molecule has 0 radical (unpaired) electrons. The maximum atomic E-state index is 5.34. The quantitative estimate of drug-likeness (QED) is 0.677. The highest BCUT2D eigenvalue weighted by molar-refractivity contribution is 7.96. The molecule has 4 nitrogen and oxygen atoms in total. The molecule has 0 saturated heterocycles. The van der Waals surface area contributed by atoms with Crippen LogP contribution < -0.4 is 4.86 Å². The Morgan fingerprint density at radius 1 is 0.889 bits per heavy atom. The molecule has 1 N–H and O–H groups in total. The molecule has 8 heteroatoms. The molecule has 0 atom stereocenters. The molecule has 0 bridgehead atoms. The van der Waals surface area contributed by atoms with Crippen molar-refractivity contribution in [3.8, 4) is 0 Å². The van der Waals surface area contributed by atoms with E-state index in [0.29, 0.717) is 0 Å².